The number of hydrogen-bond donors (Lipinski definition) is 1. The predicted molar refractivity (Wildman–Crippen MR) is 150 cm³/mol. The van der Waals surface area contributed by atoms with Crippen molar-refractivity contribution in [2.75, 3.05) is 45.6 Å². The Morgan fingerprint density at radius 2 is 1.64 bits per heavy atom. The molecule has 3 aliphatic heterocycles. The van der Waals surface area contributed by atoms with Crippen LogP contribution in [-0.2, 0) is 37.0 Å². The van der Waals surface area contributed by atoms with E-state index in [9.17, 15) is 18.0 Å². The summed E-state index contributed by atoms with van der Waals surface area (Å²) >= 11 is 0. The van der Waals surface area contributed by atoms with Crippen molar-refractivity contribution in [2.45, 2.75) is 50.9 Å². The van der Waals surface area contributed by atoms with Gasteiger partial charge in [0.25, 0.3) is 10.1 Å². The summed E-state index contributed by atoms with van der Waals surface area (Å²) in [5, 5.41) is 2.94. The standard InChI is InChI=1S/C15H22N2O4S.C14H18N2O/c1-22(19,20)21-10-9-17(11-13-5-3-2-4-6-13)12-14-7-8-15(18)16-14;17-14-7-6-13-11-15(8-9-16(13)14)10-12-4-2-1-3-5-12/h2-6,14H,7-12H2,1H3,(H,16,18);1-5,13H,6-11H2/t14-;13-/m00/s1. The lowest BCUT2D eigenvalue weighted by atomic mass is 10.1. The summed E-state index contributed by atoms with van der Waals surface area (Å²) in [6.45, 7) is 5.97. The van der Waals surface area contributed by atoms with Gasteiger partial charge in [-0.15, -0.1) is 0 Å². The van der Waals surface area contributed by atoms with E-state index in [-0.39, 0.29) is 18.6 Å². The summed E-state index contributed by atoms with van der Waals surface area (Å²) in [4.78, 5) is 29.5. The van der Waals surface area contributed by atoms with Crippen LogP contribution in [0, 0.1) is 0 Å². The molecule has 2 atom stereocenters. The number of piperazine rings is 1. The Balaban J connectivity index is 0.000000186. The van der Waals surface area contributed by atoms with Gasteiger partial charge in [-0.05, 0) is 24.0 Å². The van der Waals surface area contributed by atoms with Gasteiger partial charge in [0, 0.05) is 70.7 Å². The Kier molecular flexibility index (Phi) is 10.5. The summed E-state index contributed by atoms with van der Waals surface area (Å²) in [5.74, 6) is 0.436. The number of carbonyl (C=O) groups is 2. The molecule has 3 fully saturated rings. The molecule has 0 bridgehead atoms. The summed E-state index contributed by atoms with van der Waals surface area (Å²) in [6, 6.07) is 21.1. The summed E-state index contributed by atoms with van der Waals surface area (Å²) in [5.41, 5.74) is 2.51. The molecule has 3 heterocycles. The van der Waals surface area contributed by atoms with E-state index in [2.05, 4.69) is 50.3 Å². The van der Waals surface area contributed by atoms with Crippen LogP contribution < -0.4 is 5.32 Å². The molecular formula is C29H40N4O5S. The number of carbonyl (C=O) groups excluding carboxylic acids is 2. The first-order chi connectivity index (χ1) is 18.7. The second-order valence-corrected chi connectivity index (χ2v) is 12.2. The molecule has 212 valence electrons. The van der Waals surface area contributed by atoms with Crippen LogP contribution in [0.3, 0.4) is 0 Å². The van der Waals surface area contributed by atoms with Gasteiger partial charge < -0.3 is 10.2 Å². The summed E-state index contributed by atoms with van der Waals surface area (Å²) in [7, 11) is -3.43. The molecule has 2 amide bonds. The number of hydrogen-bond acceptors (Lipinski definition) is 7. The molecule has 0 radical (unpaired) electrons. The highest BCUT2D eigenvalue weighted by atomic mass is 32.2. The Labute approximate surface area is 232 Å². The molecule has 10 heteroatoms. The molecular weight excluding hydrogens is 516 g/mol. The smallest absolute Gasteiger partial charge is 0.264 e. The number of amides is 2. The van der Waals surface area contributed by atoms with Crippen molar-refractivity contribution in [1.29, 1.82) is 0 Å². The van der Waals surface area contributed by atoms with Crippen LogP contribution in [0.4, 0.5) is 0 Å². The molecule has 3 aliphatic rings. The predicted octanol–water partition coefficient (Wildman–Crippen LogP) is 2.24. The lowest BCUT2D eigenvalue weighted by Crippen LogP contribution is -2.50. The molecule has 5 rings (SSSR count). The van der Waals surface area contributed by atoms with Crippen molar-refractivity contribution in [3.05, 3.63) is 71.8 Å². The van der Waals surface area contributed by atoms with Crippen LogP contribution in [0.1, 0.15) is 36.8 Å². The van der Waals surface area contributed by atoms with Gasteiger partial charge in [0.15, 0.2) is 0 Å². The fraction of sp³-hybridized carbons (Fsp3) is 0.517. The fourth-order valence-corrected chi connectivity index (χ4v) is 5.81. The Morgan fingerprint density at radius 3 is 2.28 bits per heavy atom. The highest BCUT2D eigenvalue weighted by Gasteiger charge is 2.35. The monoisotopic (exact) mass is 556 g/mol. The van der Waals surface area contributed by atoms with Crippen LogP contribution in [0.5, 0.6) is 0 Å². The van der Waals surface area contributed by atoms with Gasteiger partial charge in [0.2, 0.25) is 11.8 Å². The lowest BCUT2D eigenvalue weighted by molar-refractivity contribution is -0.130. The van der Waals surface area contributed by atoms with E-state index < -0.39 is 10.1 Å². The highest BCUT2D eigenvalue weighted by molar-refractivity contribution is 7.85. The topological polar surface area (TPSA) is 99.3 Å². The molecule has 0 unspecified atom stereocenters. The third-order valence-corrected chi connectivity index (χ3v) is 7.94. The van der Waals surface area contributed by atoms with Gasteiger partial charge >= 0.3 is 0 Å². The van der Waals surface area contributed by atoms with Crippen LogP contribution in [0.2, 0.25) is 0 Å². The van der Waals surface area contributed by atoms with E-state index in [0.717, 1.165) is 57.3 Å². The minimum Gasteiger partial charge on any atom is -0.352 e. The molecule has 3 saturated heterocycles. The maximum atomic E-state index is 11.6. The number of nitrogens with one attached hydrogen (secondary N) is 1. The van der Waals surface area contributed by atoms with Gasteiger partial charge in [-0.1, -0.05) is 60.7 Å². The number of nitrogens with zero attached hydrogens (tertiary/aromatic N) is 3. The van der Waals surface area contributed by atoms with E-state index in [1.54, 1.807) is 0 Å². The van der Waals surface area contributed by atoms with E-state index in [4.69, 9.17) is 4.18 Å². The molecule has 2 aromatic carbocycles. The lowest BCUT2D eigenvalue weighted by Gasteiger charge is -2.37. The highest BCUT2D eigenvalue weighted by Crippen LogP contribution is 2.23. The Bertz CT molecular complexity index is 1180. The molecule has 1 N–H and O–H groups in total. The van der Waals surface area contributed by atoms with E-state index in [0.29, 0.717) is 38.0 Å². The molecule has 0 saturated carbocycles. The summed E-state index contributed by atoms with van der Waals surface area (Å²) < 4.78 is 26.9. The first-order valence-corrected chi connectivity index (χ1v) is 15.5. The molecule has 2 aromatic rings. The molecule has 9 nitrogen and oxygen atoms in total. The maximum absolute atomic E-state index is 11.6. The average molecular weight is 557 g/mol. The van der Waals surface area contributed by atoms with Crippen LogP contribution in [-0.4, -0.2) is 92.6 Å². The van der Waals surface area contributed by atoms with E-state index in [1.165, 1.54) is 5.56 Å². The quantitative estimate of drug-likeness (QED) is 0.448. The fourth-order valence-electron chi connectivity index (χ4n) is 5.43. The van der Waals surface area contributed by atoms with Crippen molar-refractivity contribution >= 4 is 21.9 Å². The van der Waals surface area contributed by atoms with E-state index in [1.807, 2.05) is 30.3 Å². The Morgan fingerprint density at radius 1 is 0.949 bits per heavy atom. The third-order valence-electron chi connectivity index (χ3n) is 7.35. The second kappa shape index (κ2) is 14.0. The zero-order valence-corrected chi connectivity index (χ0v) is 23.5. The first-order valence-electron chi connectivity index (χ1n) is 13.7. The average Bonchev–Trinajstić information content (AvgIpc) is 3.49. The molecule has 0 spiro atoms. The number of benzene rings is 2. The van der Waals surface area contributed by atoms with Crippen molar-refractivity contribution in [3.63, 3.8) is 0 Å². The normalized spacial score (nSPS) is 21.4. The van der Waals surface area contributed by atoms with Gasteiger partial charge in [-0.25, -0.2) is 0 Å². The van der Waals surface area contributed by atoms with E-state index >= 15 is 0 Å². The Hall–Kier alpha value is -2.79. The molecule has 39 heavy (non-hydrogen) atoms. The summed E-state index contributed by atoms with van der Waals surface area (Å²) in [6.07, 6.45) is 4.22. The SMILES string of the molecule is CS(=O)(=O)OCCN(Cc1ccccc1)C[C@@H]1CCC(=O)N1.O=C1CC[C@H]2CN(Cc3ccccc3)CCN12. The first kappa shape index (κ1) is 29.2. The largest absolute Gasteiger partial charge is 0.352 e. The zero-order chi connectivity index (χ0) is 27.7. The van der Waals surface area contributed by atoms with Crippen molar-refractivity contribution in [3.8, 4) is 0 Å². The van der Waals surface area contributed by atoms with Crippen LogP contribution >= 0.6 is 0 Å². The minimum atomic E-state index is -3.43. The van der Waals surface area contributed by atoms with Crippen molar-refractivity contribution in [1.82, 2.24) is 20.0 Å². The second-order valence-electron chi connectivity index (χ2n) is 10.6. The van der Waals surface area contributed by atoms with Gasteiger partial charge in [-0.2, -0.15) is 8.42 Å². The number of rotatable bonds is 10. The number of fused-ring (bicyclic) bond motifs is 1. The minimum absolute atomic E-state index is 0.0806. The van der Waals surface area contributed by atoms with Gasteiger partial charge in [0.1, 0.15) is 0 Å². The van der Waals surface area contributed by atoms with Gasteiger partial charge in [0.05, 0.1) is 12.9 Å². The zero-order valence-electron chi connectivity index (χ0n) is 22.7. The molecule has 0 aromatic heterocycles. The maximum Gasteiger partial charge on any atom is 0.264 e. The van der Waals surface area contributed by atoms with Gasteiger partial charge in [-0.3, -0.25) is 23.6 Å². The van der Waals surface area contributed by atoms with Crippen LogP contribution in [0.15, 0.2) is 60.7 Å². The molecule has 0 aliphatic carbocycles. The van der Waals surface area contributed by atoms with Crippen molar-refractivity contribution < 1.29 is 22.2 Å². The van der Waals surface area contributed by atoms with Crippen molar-refractivity contribution in [2.24, 2.45) is 0 Å². The third kappa shape index (κ3) is 9.72. The van der Waals surface area contributed by atoms with Crippen LogP contribution in [0.25, 0.3) is 0 Å².